The predicted octanol–water partition coefficient (Wildman–Crippen LogP) is 3.73. The van der Waals surface area contributed by atoms with Crippen LogP contribution in [0, 0.1) is 0 Å². The van der Waals surface area contributed by atoms with Crippen LogP contribution < -0.4 is 15.0 Å². The van der Waals surface area contributed by atoms with Crippen molar-refractivity contribution < 1.29 is 19.4 Å². The van der Waals surface area contributed by atoms with E-state index in [4.69, 9.17) is 4.74 Å². The molecule has 1 aromatic carbocycles. The van der Waals surface area contributed by atoms with Crippen molar-refractivity contribution in [1.29, 1.82) is 0 Å². The highest BCUT2D eigenvalue weighted by atomic mass is 32.2. The number of aromatic nitrogens is 3. The summed E-state index contributed by atoms with van der Waals surface area (Å²) in [5.74, 6) is 0.429. The molecule has 10 heteroatoms. The molecule has 1 amide bonds. The Morgan fingerprint density at radius 2 is 2.21 bits per heavy atom. The van der Waals surface area contributed by atoms with Gasteiger partial charge >= 0.3 is 5.97 Å². The number of carboxylic acids is 1. The van der Waals surface area contributed by atoms with Gasteiger partial charge in [0.2, 0.25) is 0 Å². The summed E-state index contributed by atoms with van der Waals surface area (Å²) in [7, 11) is 0. The average molecular weight is 468 g/mol. The molecule has 0 saturated carbocycles. The number of carboxylic acid groups (broad SMARTS) is 1. The number of fused-ring (bicyclic) bond motifs is 1. The monoisotopic (exact) mass is 467 g/mol. The van der Waals surface area contributed by atoms with E-state index in [2.05, 4.69) is 20.3 Å². The standard InChI is InChI=1S/C23H25N5O4S/c29-21-15-32-19-12-17(33-20(13-22(30)31)16-4-3-7-24-14-16)5-6-18(19)28(21)11-2-1-8-25-23-26-9-10-27-23/h3-7,9-10,12,14,20H,1-2,8,11,13,15H2,(H,30,31)(H2,25,26,27). The number of pyridine rings is 1. The number of aliphatic carboxylic acids is 1. The third kappa shape index (κ3) is 6.04. The summed E-state index contributed by atoms with van der Waals surface area (Å²) in [5, 5.41) is 12.3. The summed E-state index contributed by atoms with van der Waals surface area (Å²) >= 11 is 1.45. The van der Waals surface area contributed by atoms with E-state index >= 15 is 0 Å². The lowest BCUT2D eigenvalue weighted by Gasteiger charge is -2.30. The molecule has 3 heterocycles. The van der Waals surface area contributed by atoms with Crippen LogP contribution in [0.15, 0.2) is 60.0 Å². The number of imidazole rings is 1. The molecule has 172 valence electrons. The van der Waals surface area contributed by atoms with Gasteiger partial charge in [0.1, 0.15) is 5.75 Å². The average Bonchev–Trinajstić information content (AvgIpc) is 3.33. The molecule has 4 rings (SSSR count). The summed E-state index contributed by atoms with van der Waals surface area (Å²) in [5.41, 5.74) is 1.59. The number of carbonyl (C=O) groups excluding carboxylic acids is 1. The minimum Gasteiger partial charge on any atom is -0.482 e. The van der Waals surface area contributed by atoms with Gasteiger partial charge in [0.25, 0.3) is 5.91 Å². The molecule has 0 saturated heterocycles. The van der Waals surface area contributed by atoms with E-state index in [1.54, 1.807) is 35.8 Å². The molecule has 1 aliphatic heterocycles. The molecule has 0 radical (unpaired) electrons. The predicted molar refractivity (Wildman–Crippen MR) is 126 cm³/mol. The number of ether oxygens (including phenoxy) is 1. The maximum Gasteiger partial charge on any atom is 0.304 e. The largest absolute Gasteiger partial charge is 0.482 e. The normalized spacial score (nSPS) is 13.8. The van der Waals surface area contributed by atoms with Gasteiger partial charge in [-0.15, -0.1) is 11.8 Å². The topological polar surface area (TPSA) is 120 Å². The van der Waals surface area contributed by atoms with Gasteiger partial charge in [-0.3, -0.25) is 14.6 Å². The molecule has 9 nitrogen and oxygen atoms in total. The number of thioether (sulfide) groups is 1. The molecule has 3 N–H and O–H groups in total. The second-order valence-corrected chi connectivity index (χ2v) is 8.80. The molecule has 2 aromatic heterocycles. The Morgan fingerprint density at radius 3 is 2.97 bits per heavy atom. The second-order valence-electron chi connectivity index (χ2n) is 7.53. The number of benzene rings is 1. The van der Waals surface area contributed by atoms with Crippen LogP contribution in [0.1, 0.15) is 30.1 Å². The van der Waals surface area contributed by atoms with Crippen molar-refractivity contribution in [1.82, 2.24) is 15.0 Å². The van der Waals surface area contributed by atoms with E-state index in [0.29, 0.717) is 12.3 Å². The summed E-state index contributed by atoms with van der Waals surface area (Å²) in [6.07, 6.45) is 8.50. The number of amides is 1. The van der Waals surface area contributed by atoms with Crippen LogP contribution in [0.5, 0.6) is 5.75 Å². The third-order valence-corrected chi connectivity index (χ3v) is 6.42. The van der Waals surface area contributed by atoms with E-state index < -0.39 is 5.97 Å². The zero-order valence-corrected chi connectivity index (χ0v) is 18.8. The zero-order valence-electron chi connectivity index (χ0n) is 17.9. The molecular weight excluding hydrogens is 442 g/mol. The first kappa shape index (κ1) is 22.7. The molecule has 0 spiro atoms. The highest BCUT2D eigenvalue weighted by molar-refractivity contribution is 7.99. The van der Waals surface area contributed by atoms with E-state index in [1.807, 2.05) is 24.3 Å². The maximum absolute atomic E-state index is 12.5. The number of hydrogen-bond acceptors (Lipinski definition) is 7. The lowest BCUT2D eigenvalue weighted by Crippen LogP contribution is -2.39. The minimum absolute atomic E-state index is 0.00702. The molecule has 0 aliphatic carbocycles. The van der Waals surface area contributed by atoms with Crippen LogP contribution >= 0.6 is 11.8 Å². The van der Waals surface area contributed by atoms with Crippen molar-refractivity contribution in [3.63, 3.8) is 0 Å². The molecule has 1 atom stereocenters. The van der Waals surface area contributed by atoms with Crippen molar-refractivity contribution in [2.75, 3.05) is 29.9 Å². The molecular formula is C23H25N5O4S. The first-order valence-corrected chi connectivity index (χ1v) is 11.6. The van der Waals surface area contributed by atoms with Crippen LogP contribution in [-0.2, 0) is 9.59 Å². The highest BCUT2D eigenvalue weighted by Gasteiger charge is 2.26. The lowest BCUT2D eigenvalue weighted by atomic mass is 10.1. The number of aromatic amines is 1. The number of rotatable bonds is 11. The quantitative estimate of drug-likeness (QED) is 0.288. The van der Waals surface area contributed by atoms with Gasteiger partial charge in [-0.05, 0) is 42.7 Å². The number of nitrogens with zero attached hydrogens (tertiary/aromatic N) is 3. The molecule has 1 aliphatic rings. The van der Waals surface area contributed by atoms with Crippen molar-refractivity contribution in [2.24, 2.45) is 0 Å². The summed E-state index contributed by atoms with van der Waals surface area (Å²) in [4.78, 5) is 37.7. The fourth-order valence-electron chi connectivity index (χ4n) is 3.58. The van der Waals surface area contributed by atoms with E-state index in [1.165, 1.54) is 11.8 Å². The summed E-state index contributed by atoms with van der Waals surface area (Å²) in [6, 6.07) is 9.33. The first-order valence-electron chi connectivity index (χ1n) is 10.7. The van der Waals surface area contributed by atoms with Gasteiger partial charge in [-0.25, -0.2) is 4.98 Å². The molecule has 1 unspecified atom stereocenters. The van der Waals surface area contributed by atoms with Crippen LogP contribution in [0.25, 0.3) is 0 Å². The number of unbranched alkanes of at least 4 members (excludes halogenated alkanes) is 1. The molecule has 3 aromatic rings. The smallest absolute Gasteiger partial charge is 0.304 e. The van der Waals surface area contributed by atoms with Gasteiger partial charge in [0.15, 0.2) is 12.6 Å². The fourth-order valence-corrected chi connectivity index (χ4v) is 4.74. The molecule has 33 heavy (non-hydrogen) atoms. The van der Waals surface area contributed by atoms with Crippen molar-refractivity contribution in [2.45, 2.75) is 29.4 Å². The van der Waals surface area contributed by atoms with Crippen LogP contribution in [0.3, 0.4) is 0 Å². The summed E-state index contributed by atoms with van der Waals surface area (Å²) < 4.78 is 5.69. The van der Waals surface area contributed by atoms with Crippen LogP contribution in [-0.4, -0.2) is 51.6 Å². The number of anilines is 2. The highest BCUT2D eigenvalue weighted by Crippen LogP contribution is 2.42. The number of H-pyrrole nitrogens is 1. The molecule has 0 bridgehead atoms. The van der Waals surface area contributed by atoms with Crippen LogP contribution in [0.2, 0.25) is 0 Å². The Kier molecular flexibility index (Phi) is 7.46. The Balaban J connectivity index is 1.40. The van der Waals surface area contributed by atoms with Gasteiger partial charge in [0, 0.05) is 48.0 Å². The Morgan fingerprint density at radius 1 is 1.30 bits per heavy atom. The fraction of sp³-hybridized carbons (Fsp3) is 0.304. The number of nitrogens with one attached hydrogen (secondary N) is 2. The first-order chi connectivity index (χ1) is 16.1. The van der Waals surface area contributed by atoms with Gasteiger partial charge < -0.3 is 25.0 Å². The Hall–Kier alpha value is -3.53. The van der Waals surface area contributed by atoms with E-state index in [9.17, 15) is 14.7 Å². The second kappa shape index (κ2) is 10.9. The lowest BCUT2D eigenvalue weighted by molar-refractivity contribution is -0.137. The number of hydrogen-bond donors (Lipinski definition) is 3. The molecule has 0 fully saturated rings. The SMILES string of the molecule is O=C(O)CC(Sc1ccc2c(c1)OCC(=O)N2CCCCNc1ncc[nH]1)c1cccnc1. The van der Waals surface area contributed by atoms with Gasteiger partial charge in [-0.2, -0.15) is 0 Å². The van der Waals surface area contributed by atoms with Crippen molar-refractivity contribution in [3.8, 4) is 5.75 Å². The number of carbonyl (C=O) groups is 2. The summed E-state index contributed by atoms with van der Waals surface area (Å²) in [6.45, 7) is 1.35. The maximum atomic E-state index is 12.5. The Labute approximate surface area is 195 Å². The van der Waals surface area contributed by atoms with Crippen LogP contribution in [0.4, 0.5) is 11.6 Å². The van der Waals surface area contributed by atoms with Crippen molar-refractivity contribution in [3.05, 3.63) is 60.7 Å². The van der Waals surface area contributed by atoms with Gasteiger partial charge in [0.05, 0.1) is 12.1 Å². The van der Waals surface area contributed by atoms with Crippen molar-refractivity contribution >= 4 is 35.3 Å². The van der Waals surface area contributed by atoms with E-state index in [-0.39, 0.29) is 24.2 Å². The Bertz CT molecular complexity index is 1080. The third-order valence-electron chi connectivity index (χ3n) is 5.17. The van der Waals surface area contributed by atoms with Gasteiger partial charge in [-0.1, -0.05) is 6.07 Å². The van der Waals surface area contributed by atoms with E-state index in [0.717, 1.165) is 41.5 Å². The zero-order chi connectivity index (χ0) is 23.0. The minimum atomic E-state index is -0.871.